The van der Waals surface area contributed by atoms with E-state index in [0.717, 1.165) is 11.4 Å². The van der Waals surface area contributed by atoms with Gasteiger partial charge in [-0.25, -0.2) is 4.79 Å². The van der Waals surface area contributed by atoms with Gasteiger partial charge in [-0.05, 0) is 38.1 Å². The molecule has 0 bridgehead atoms. The zero-order valence-corrected chi connectivity index (χ0v) is 12.6. The maximum absolute atomic E-state index is 12.1. The maximum atomic E-state index is 12.1. The van der Waals surface area contributed by atoms with Gasteiger partial charge in [0.2, 0.25) is 5.91 Å². The van der Waals surface area contributed by atoms with Gasteiger partial charge in [-0.1, -0.05) is 0 Å². The Morgan fingerprint density at radius 3 is 2.57 bits per heavy atom. The molecule has 0 spiro atoms. The molecule has 1 aromatic rings. The summed E-state index contributed by atoms with van der Waals surface area (Å²) < 4.78 is 5.10. The normalized spacial score (nSPS) is 18.0. The molecule has 1 atom stereocenters. The summed E-state index contributed by atoms with van der Waals surface area (Å²) in [4.78, 5) is 25.4. The third-order valence-electron chi connectivity index (χ3n) is 3.26. The van der Waals surface area contributed by atoms with Crippen LogP contribution >= 0.6 is 0 Å². The average Bonchev–Trinajstić information content (AvgIpc) is 2.78. The standard InChI is InChI=1S/C15H21N3O3/c1-10(2)16-15(20)17-11-8-14(19)18(9-11)12-4-6-13(21-3)7-5-12/h4-7,10-11H,8-9H2,1-3H3,(H2,16,17,20)/t11-/m0/s1. The number of nitrogens with zero attached hydrogens (tertiary/aromatic N) is 1. The number of amides is 3. The number of methoxy groups -OCH3 is 1. The molecule has 1 saturated heterocycles. The Kier molecular flexibility index (Phi) is 4.67. The fraction of sp³-hybridized carbons (Fsp3) is 0.467. The van der Waals surface area contributed by atoms with Gasteiger partial charge < -0.3 is 20.3 Å². The molecule has 1 aliphatic rings. The highest BCUT2D eigenvalue weighted by atomic mass is 16.5. The Morgan fingerprint density at radius 2 is 2.00 bits per heavy atom. The van der Waals surface area contributed by atoms with Crippen LogP contribution in [0.1, 0.15) is 20.3 Å². The van der Waals surface area contributed by atoms with E-state index in [1.165, 1.54) is 0 Å². The molecule has 1 aliphatic heterocycles. The summed E-state index contributed by atoms with van der Waals surface area (Å²) in [7, 11) is 1.60. The summed E-state index contributed by atoms with van der Waals surface area (Å²) in [6, 6.07) is 6.97. The minimum Gasteiger partial charge on any atom is -0.497 e. The molecule has 3 amide bonds. The highest BCUT2D eigenvalue weighted by Gasteiger charge is 2.31. The van der Waals surface area contributed by atoms with Gasteiger partial charge in [0.25, 0.3) is 0 Å². The largest absolute Gasteiger partial charge is 0.497 e. The summed E-state index contributed by atoms with van der Waals surface area (Å²) in [5.41, 5.74) is 0.814. The zero-order chi connectivity index (χ0) is 15.4. The van der Waals surface area contributed by atoms with Crippen molar-refractivity contribution in [1.82, 2.24) is 10.6 Å². The molecule has 1 fully saturated rings. The molecule has 21 heavy (non-hydrogen) atoms. The Hall–Kier alpha value is -2.24. The first-order valence-electron chi connectivity index (χ1n) is 7.01. The highest BCUT2D eigenvalue weighted by Crippen LogP contribution is 2.24. The van der Waals surface area contributed by atoms with E-state index in [1.807, 2.05) is 38.1 Å². The molecule has 6 nitrogen and oxygen atoms in total. The third kappa shape index (κ3) is 3.87. The second-order valence-corrected chi connectivity index (χ2v) is 5.38. The lowest BCUT2D eigenvalue weighted by molar-refractivity contribution is -0.117. The number of anilines is 1. The van der Waals surface area contributed by atoms with Gasteiger partial charge in [-0.2, -0.15) is 0 Å². The summed E-state index contributed by atoms with van der Waals surface area (Å²) >= 11 is 0. The van der Waals surface area contributed by atoms with E-state index in [9.17, 15) is 9.59 Å². The van der Waals surface area contributed by atoms with E-state index in [1.54, 1.807) is 12.0 Å². The molecule has 114 valence electrons. The van der Waals surface area contributed by atoms with Crippen LogP contribution < -0.4 is 20.3 Å². The van der Waals surface area contributed by atoms with Gasteiger partial charge in [0.15, 0.2) is 0 Å². The van der Waals surface area contributed by atoms with Crippen LogP contribution in [0.15, 0.2) is 24.3 Å². The van der Waals surface area contributed by atoms with Crippen LogP contribution in [-0.4, -0.2) is 37.7 Å². The molecule has 0 unspecified atom stereocenters. The van der Waals surface area contributed by atoms with Crippen LogP contribution in [0.5, 0.6) is 5.75 Å². The lowest BCUT2D eigenvalue weighted by atomic mass is 10.2. The van der Waals surface area contributed by atoms with Crippen molar-refractivity contribution < 1.29 is 14.3 Å². The monoisotopic (exact) mass is 291 g/mol. The van der Waals surface area contributed by atoms with Crippen molar-refractivity contribution in [2.75, 3.05) is 18.6 Å². The number of carbonyl (C=O) groups excluding carboxylic acids is 2. The number of carbonyl (C=O) groups is 2. The van der Waals surface area contributed by atoms with Crippen LogP contribution in [0, 0.1) is 0 Å². The SMILES string of the molecule is COc1ccc(N2C[C@@H](NC(=O)NC(C)C)CC2=O)cc1. The van der Waals surface area contributed by atoms with Gasteiger partial charge in [0.1, 0.15) is 5.75 Å². The molecule has 6 heteroatoms. The molecule has 1 aromatic carbocycles. The minimum atomic E-state index is -0.237. The molecular weight excluding hydrogens is 270 g/mol. The van der Waals surface area contributed by atoms with Crippen molar-refractivity contribution in [2.24, 2.45) is 0 Å². The van der Waals surface area contributed by atoms with E-state index in [0.29, 0.717) is 13.0 Å². The summed E-state index contributed by atoms with van der Waals surface area (Å²) in [6.45, 7) is 4.27. The topological polar surface area (TPSA) is 70.7 Å². The van der Waals surface area contributed by atoms with Crippen LogP contribution in [0.25, 0.3) is 0 Å². The number of benzene rings is 1. The molecule has 0 saturated carbocycles. The van der Waals surface area contributed by atoms with E-state index < -0.39 is 0 Å². The Labute approximate surface area is 124 Å². The van der Waals surface area contributed by atoms with E-state index in [2.05, 4.69) is 10.6 Å². The average molecular weight is 291 g/mol. The number of rotatable bonds is 4. The van der Waals surface area contributed by atoms with Crippen LogP contribution in [-0.2, 0) is 4.79 Å². The van der Waals surface area contributed by atoms with Gasteiger partial charge in [-0.15, -0.1) is 0 Å². The number of urea groups is 1. The van der Waals surface area contributed by atoms with Crippen molar-refractivity contribution in [3.05, 3.63) is 24.3 Å². The van der Waals surface area contributed by atoms with Crippen LogP contribution in [0.2, 0.25) is 0 Å². The predicted molar refractivity (Wildman–Crippen MR) is 80.6 cm³/mol. The number of nitrogens with one attached hydrogen (secondary N) is 2. The summed E-state index contributed by atoms with van der Waals surface area (Å²) in [5, 5.41) is 5.58. The predicted octanol–water partition coefficient (Wildman–Crippen LogP) is 1.51. The molecular formula is C15H21N3O3. The fourth-order valence-corrected chi connectivity index (χ4v) is 2.31. The number of ether oxygens (including phenoxy) is 1. The Balaban J connectivity index is 1.97. The molecule has 2 N–H and O–H groups in total. The molecule has 2 rings (SSSR count). The van der Waals surface area contributed by atoms with Gasteiger partial charge in [0, 0.05) is 24.7 Å². The van der Waals surface area contributed by atoms with Crippen molar-refractivity contribution in [2.45, 2.75) is 32.4 Å². The van der Waals surface area contributed by atoms with Crippen LogP contribution in [0.3, 0.4) is 0 Å². The van der Waals surface area contributed by atoms with Crippen molar-refractivity contribution in [1.29, 1.82) is 0 Å². The Morgan fingerprint density at radius 1 is 1.33 bits per heavy atom. The fourth-order valence-electron chi connectivity index (χ4n) is 2.31. The zero-order valence-electron chi connectivity index (χ0n) is 12.6. The highest BCUT2D eigenvalue weighted by molar-refractivity contribution is 5.96. The van der Waals surface area contributed by atoms with Crippen molar-refractivity contribution >= 4 is 17.6 Å². The van der Waals surface area contributed by atoms with Gasteiger partial charge >= 0.3 is 6.03 Å². The first kappa shape index (κ1) is 15.2. The van der Waals surface area contributed by atoms with Crippen molar-refractivity contribution in [3.8, 4) is 5.75 Å². The smallest absolute Gasteiger partial charge is 0.315 e. The maximum Gasteiger partial charge on any atom is 0.315 e. The van der Waals surface area contributed by atoms with Crippen LogP contribution in [0.4, 0.5) is 10.5 Å². The van der Waals surface area contributed by atoms with Crippen molar-refractivity contribution in [3.63, 3.8) is 0 Å². The van der Waals surface area contributed by atoms with E-state index in [-0.39, 0.29) is 24.0 Å². The number of hydrogen-bond acceptors (Lipinski definition) is 3. The minimum absolute atomic E-state index is 0.00927. The summed E-state index contributed by atoms with van der Waals surface area (Å²) in [5.74, 6) is 0.756. The Bertz CT molecular complexity index is 513. The molecule has 0 aliphatic carbocycles. The quantitative estimate of drug-likeness (QED) is 0.883. The lowest BCUT2D eigenvalue weighted by Crippen LogP contribution is -2.45. The van der Waals surface area contributed by atoms with Gasteiger partial charge in [0.05, 0.1) is 13.2 Å². The molecule has 0 aromatic heterocycles. The summed E-state index contributed by atoms with van der Waals surface area (Å²) in [6.07, 6.45) is 0.317. The molecule has 1 heterocycles. The van der Waals surface area contributed by atoms with E-state index in [4.69, 9.17) is 4.74 Å². The first-order valence-corrected chi connectivity index (χ1v) is 7.01. The third-order valence-corrected chi connectivity index (χ3v) is 3.26. The molecule has 0 radical (unpaired) electrons. The first-order chi connectivity index (χ1) is 9.99. The number of hydrogen-bond donors (Lipinski definition) is 2. The van der Waals surface area contributed by atoms with E-state index >= 15 is 0 Å². The second kappa shape index (κ2) is 6.47. The van der Waals surface area contributed by atoms with Gasteiger partial charge in [-0.3, -0.25) is 4.79 Å². The second-order valence-electron chi connectivity index (χ2n) is 5.38. The lowest BCUT2D eigenvalue weighted by Gasteiger charge is -2.18.